The van der Waals surface area contributed by atoms with Crippen LogP contribution < -0.4 is 5.32 Å². The molecular formula is C13H24N2O3. The smallest absolute Gasteiger partial charge is 0.317 e. The number of urea groups is 1. The Bertz CT molecular complexity index is 301. The van der Waals surface area contributed by atoms with Crippen molar-refractivity contribution in [2.75, 3.05) is 13.1 Å². The van der Waals surface area contributed by atoms with E-state index in [-0.39, 0.29) is 12.5 Å². The van der Waals surface area contributed by atoms with Gasteiger partial charge in [-0.25, -0.2) is 4.79 Å². The number of hydrogen-bond donors (Lipinski definition) is 2. The lowest BCUT2D eigenvalue weighted by molar-refractivity contribution is -0.139. The largest absolute Gasteiger partial charge is 0.481 e. The van der Waals surface area contributed by atoms with Gasteiger partial charge in [0.25, 0.3) is 0 Å². The molecule has 0 spiro atoms. The van der Waals surface area contributed by atoms with Gasteiger partial charge in [-0.15, -0.1) is 0 Å². The highest BCUT2D eigenvalue weighted by Gasteiger charge is 2.40. The number of carbonyl (C=O) groups excluding carboxylic acids is 1. The van der Waals surface area contributed by atoms with Gasteiger partial charge in [0.2, 0.25) is 0 Å². The Kier molecular flexibility index (Phi) is 5.44. The highest BCUT2D eigenvalue weighted by atomic mass is 16.4. The van der Waals surface area contributed by atoms with E-state index in [9.17, 15) is 9.59 Å². The summed E-state index contributed by atoms with van der Waals surface area (Å²) in [5.41, 5.74) is -0.497. The number of carboxylic acid groups (broad SMARTS) is 1. The molecule has 2 N–H and O–H groups in total. The summed E-state index contributed by atoms with van der Waals surface area (Å²) in [5, 5.41) is 11.8. The summed E-state index contributed by atoms with van der Waals surface area (Å²) in [6, 6.07) is -0.119. The Morgan fingerprint density at radius 3 is 2.39 bits per heavy atom. The summed E-state index contributed by atoms with van der Waals surface area (Å²) < 4.78 is 0. The minimum absolute atomic E-state index is 0.0318. The van der Waals surface area contributed by atoms with E-state index >= 15 is 0 Å². The fourth-order valence-corrected chi connectivity index (χ4v) is 2.30. The van der Waals surface area contributed by atoms with Crippen molar-refractivity contribution in [2.45, 2.75) is 57.9 Å². The normalized spacial score (nSPS) is 16.8. The molecule has 1 fully saturated rings. The molecule has 104 valence electrons. The number of nitrogens with zero attached hydrogens (tertiary/aromatic N) is 1. The molecule has 0 aromatic rings. The van der Waals surface area contributed by atoms with E-state index in [2.05, 4.69) is 12.2 Å². The van der Waals surface area contributed by atoms with E-state index in [4.69, 9.17) is 5.11 Å². The number of rotatable bonds is 7. The van der Waals surface area contributed by atoms with Crippen LogP contribution in [-0.4, -0.2) is 40.6 Å². The standard InChI is InChI=1S/C13H24N2O3/c1-3-5-9-15(4-2)12(18)14-13(7-6-8-13)10-11(16)17/h3-10H2,1-2H3,(H,14,18)(H,16,17). The Hall–Kier alpha value is -1.26. The van der Waals surface area contributed by atoms with Gasteiger partial charge >= 0.3 is 12.0 Å². The first-order chi connectivity index (χ1) is 8.53. The fourth-order valence-electron chi connectivity index (χ4n) is 2.30. The molecule has 1 aliphatic carbocycles. The summed E-state index contributed by atoms with van der Waals surface area (Å²) in [5.74, 6) is -0.841. The Morgan fingerprint density at radius 2 is 2.00 bits per heavy atom. The van der Waals surface area contributed by atoms with E-state index in [0.29, 0.717) is 6.54 Å². The molecule has 0 unspecified atom stereocenters. The molecule has 5 heteroatoms. The molecule has 0 bridgehead atoms. The molecule has 0 atom stereocenters. The molecule has 2 amide bonds. The van der Waals surface area contributed by atoms with Crippen LogP contribution in [0.2, 0.25) is 0 Å². The van der Waals surface area contributed by atoms with Crippen molar-refractivity contribution >= 4 is 12.0 Å². The second-order valence-corrected chi connectivity index (χ2v) is 5.07. The van der Waals surface area contributed by atoms with E-state index in [1.165, 1.54) is 0 Å². The number of nitrogens with one attached hydrogen (secondary N) is 1. The first-order valence-electron chi connectivity index (χ1n) is 6.82. The summed E-state index contributed by atoms with van der Waals surface area (Å²) in [4.78, 5) is 24.7. The van der Waals surface area contributed by atoms with Crippen molar-refractivity contribution in [1.82, 2.24) is 10.2 Å². The lowest BCUT2D eigenvalue weighted by atomic mass is 9.74. The summed E-state index contributed by atoms with van der Waals surface area (Å²) >= 11 is 0. The maximum absolute atomic E-state index is 12.1. The third kappa shape index (κ3) is 3.89. The maximum atomic E-state index is 12.1. The number of hydrogen-bond acceptors (Lipinski definition) is 2. The molecule has 0 heterocycles. The van der Waals surface area contributed by atoms with Gasteiger partial charge in [0.05, 0.1) is 12.0 Å². The average molecular weight is 256 g/mol. The minimum atomic E-state index is -0.841. The van der Waals surface area contributed by atoms with Gasteiger partial charge in [-0.1, -0.05) is 13.3 Å². The van der Waals surface area contributed by atoms with Gasteiger partial charge < -0.3 is 15.3 Å². The number of carbonyl (C=O) groups is 2. The number of unbranched alkanes of at least 4 members (excludes halogenated alkanes) is 1. The zero-order valence-corrected chi connectivity index (χ0v) is 11.4. The lowest BCUT2D eigenvalue weighted by Crippen LogP contribution is -2.58. The molecule has 0 radical (unpaired) electrons. The van der Waals surface area contributed by atoms with Gasteiger partial charge in [-0.3, -0.25) is 4.79 Å². The highest BCUT2D eigenvalue weighted by Crippen LogP contribution is 2.35. The Morgan fingerprint density at radius 1 is 1.33 bits per heavy atom. The highest BCUT2D eigenvalue weighted by molar-refractivity contribution is 5.77. The number of amides is 2. The first-order valence-corrected chi connectivity index (χ1v) is 6.82. The molecule has 1 aliphatic rings. The second-order valence-electron chi connectivity index (χ2n) is 5.07. The third-order valence-electron chi connectivity index (χ3n) is 3.62. The van der Waals surface area contributed by atoms with Crippen LogP contribution in [0.3, 0.4) is 0 Å². The number of aliphatic carboxylic acids is 1. The monoisotopic (exact) mass is 256 g/mol. The third-order valence-corrected chi connectivity index (χ3v) is 3.62. The summed E-state index contributed by atoms with van der Waals surface area (Å²) in [6.07, 6.45) is 4.60. The zero-order chi connectivity index (χ0) is 13.6. The van der Waals surface area contributed by atoms with Crippen LogP contribution >= 0.6 is 0 Å². The quantitative estimate of drug-likeness (QED) is 0.733. The molecule has 1 rings (SSSR count). The van der Waals surface area contributed by atoms with Crippen molar-refractivity contribution in [3.05, 3.63) is 0 Å². The minimum Gasteiger partial charge on any atom is -0.481 e. The van der Waals surface area contributed by atoms with Crippen LogP contribution in [-0.2, 0) is 4.79 Å². The van der Waals surface area contributed by atoms with E-state index in [0.717, 1.165) is 38.6 Å². The van der Waals surface area contributed by atoms with Crippen LogP contribution in [0.25, 0.3) is 0 Å². The fraction of sp³-hybridized carbons (Fsp3) is 0.846. The van der Waals surface area contributed by atoms with Crippen molar-refractivity contribution < 1.29 is 14.7 Å². The molecule has 0 aliphatic heterocycles. The number of carboxylic acids is 1. The van der Waals surface area contributed by atoms with Gasteiger partial charge in [0.15, 0.2) is 0 Å². The van der Waals surface area contributed by atoms with Gasteiger partial charge in [-0.05, 0) is 32.6 Å². The Labute approximate surface area is 109 Å². The predicted octanol–water partition coefficient (Wildman–Crippen LogP) is 2.22. The van der Waals surface area contributed by atoms with Crippen molar-refractivity contribution in [2.24, 2.45) is 0 Å². The Balaban J connectivity index is 2.52. The first kappa shape index (κ1) is 14.8. The molecular weight excluding hydrogens is 232 g/mol. The SMILES string of the molecule is CCCCN(CC)C(=O)NC1(CC(=O)O)CCC1. The average Bonchev–Trinajstić information content (AvgIpc) is 2.26. The van der Waals surface area contributed by atoms with Crippen molar-refractivity contribution in [3.8, 4) is 0 Å². The van der Waals surface area contributed by atoms with E-state index in [1.54, 1.807) is 4.90 Å². The van der Waals surface area contributed by atoms with Crippen LogP contribution in [0.1, 0.15) is 52.4 Å². The van der Waals surface area contributed by atoms with Gasteiger partial charge in [-0.2, -0.15) is 0 Å². The summed E-state index contributed by atoms with van der Waals surface area (Å²) in [7, 11) is 0. The molecule has 0 aromatic carbocycles. The van der Waals surface area contributed by atoms with Crippen molar-refractivity contribution in [3.63, 3.8) is 0 Å². The topological polar surface area (TPSA) is 69.6 Å². The maximum Gasteiger partial charge on any atom is 0.317 e. The van der Waals surface area contributed by atoms with Gasteiger partial charge in [0, 0.05) is 13.1 Å². The van der Waals surface area contributed by atoms with E-state index in [1.807, 2.05) is 6.92 Å². The van der Waals surface area contributed by atoms with Crippen LogP contribution in [0.4, 0.5) is 4.79 Å². The molecule has 1 saturated carbocycles. The van der Waals surface area contributed by atoms with Crippen LogP contribution in [0.5, 0.6) is 0 Å². The zero-order valence-electron chi connectivity index (χ0n) is 11.4. The van der Waals surface area contributed by atoms with Gasteiger partial charge in [0.1, 0.15) is 0 Å². The molecule has 5 nitrogen and oxygen atoms in total. The summed E-state index contributed by atoms with van der Waals surface area (Å²) in [6.45, 7) is 5.43. The molecule has 0 aromatic heterocycles. The second kappa shape index (κ2) is 6.61. The van der Waals surface area contributed by atoms with Crippen LogP contribution in [0.15, 0.2) is 0 Å². The van der Waals surface area contributed by atoms with Crippen molar-refractivity contribution in [1.29, 1.82) is 0 Å². The lowest BCUT2D eigenvalue weighted by Gasteiger charge is -2.42. The predicted molar refractivity (Wildman–Crippen MR) is 69.5 cm³/mol. The van der Waals surface area contributed by atoms with Crippen LogP contribution in [0, 0.1) is 0 Å². The molecule has 18 heavy (non-hydrogen) atoms. The van der Waals surface area contributed by atoms with E-state index < -0.39 is 11.5 Å². The molecule has 0 saturated heterocycles.